The predicted molar refractivity (Wildman–Crippen MR) is 60.4 cm³/mol. The summed E-state index contributed by atoms with van der Waals surface area (Å²) in [6.07, 6.45) is 3.27. The fraction of sp³-hybridized carbons (Fsp3) is 0.500. The molecule has 5 heteroatoms. The van der Waals surface area contributed by atoms with Gasteiger partial charge in [-0.1, -0.05) is 12.8 Å². The van der Waals surface area contributed by atoms with E-state index in [-0.39, 0.29) is 12.3 Å². The van der Waals surface area contributed by atoms with Crippen molar-refractivity contribution >= 4 is 5.69 Å². The van der Waals surface area contributed by atoms with Crippen molar-refractivity contribution in [3.05, 3.63) is 29.6 Å². The van der Waals surface area contributed by atoms with Crippen LogP contribution in [-0.4, -0.2) is 18.3 Å². The van der Waals surface area contributed by atoms with Crippen molar-refractivity contribution in [2.75, 3.05) is 18.5 Å². The van der Waals surface area contributed by atoms with Gasteiger partial charge in [-0.25, -0.2) is 13.2 Å². The van der Waals surface area contributed by atoms with Gasteiger partial charge in [0.2, 0.25) is 0 Å². The average molecular weight is 247 g/mol. The Morgan fingerprint density at radius 2 is 1.71 bits per heavy atom. The van der Waals surface area contributed by atoms with Gasteiger partial charge in [0.05, 0.1) is 5.69 Å². The summed E-state index contributed by atoms with van der Waals surface area (Å²) in [6.45, 7) is 0.613. The van der Waals surface area contributed by atoms with Crippen molar-refractivity contribution in [3.8, 4) is 0 Å². The molecule has 0 saturated heterocycles. The predicted octanol–water partition coefficient (Wildman–Crippen LogP) is 3.07. The van der Waals surface area contributed by atoms with Gasteiger partial charge < -0.3 is 10.4 Å². The minimum absolute atomic E-state index is 0.148. The molecule has 0 amide bonds. The Bertz CT molecular complexity index is 358. The van der Waals surface area contributed by atoms with Gasteiger partial charge in [-0.05, 0) is 12.8 Å². The molecule has 0 radical (unpaired) electrons. The molecule has 0 aliphatic carbocycles. The lowest BCUT2D eigenvalue weighted by atomic mass is 10.2. The highest BCUT2D eigenvalue weighted by molar-refractivity contribution is 5.45. The van der Waals surface area contributed by atoms with Gasteiger partial charge in [-0.3, -0.25) is 0 Å². The first kappa shape index (κ1) is 13.8. The van der Waals surface area contributed by atoms with Crippen molar-refractivity contribution in [1.82, 2.24) is 0 Å². The van der Waals surface area contributed by atoms with E-state index in [0.717, 1.165) is 31.7 Å². The van der Waals surface area contributed by atoms with E-state index in [0.29, 0.717) is 12.6 Å². The maximum Gasteiger partial charge on any atom is 0.182 e. The molecule has 0 saturated carbocycles. The van der Waals surface area contributed by atoms with Crippen molar-refractivity contribution in [2.45, 2.75) is 25.7 Å². The quantitative estimate of drug-likeness (QED) is 0.573. The lowest BCUT2D eigenvalue weighted by molar-refractivity contribution is 0.283. The lowest BCUT2D eigenvalue weighted by Crippen LogP contribution is -2.05. The van der Waals surface area contributed by atoms with E-state index in [1.807, 2.05) is 0 Å². The van der Waals surface area contributed by atoms with Crippen molar-refractivity contribution in [2.24, 2.45) is 0 Å². The van der Waals surface area contributed by atoms with E-state index in [2.05, 4.69) is 5.32 Å². The van der Waals surface area contributed by atoms with Crippen molar-refractivity contribution in [1.29, 1.82) is 0 Å². The molecule has 0 fully saturated rings. The molecule has 17 heavy (non-hydrogen) atoms. The maximum atomic E-state index is 13.2. The van der Waals surface area contributed by atoms with E-state index in [1.165, 1.54) is 0 Å². The molecule has 0 heterocycles. The molecule has 1 rings (SSSR count). The number of hydrogen-bond donors (Lipinski definition) is 2. The molecule has 0 aromatic heterocycles. The Balaban J connectivity index is 2.36. The lowest BCUT2D eigenvalue weighted by Gasteiger charge is -2.08. The van der Waals surface area contributed by atoms with Gasteiger partial charge in [0.1, 0.15) is 5.82 Å². The zero-order chi connectivity index (χ0) is 12.7. The number of benzene rings is 1. The van der Waals surface area contributed by atoms with Gasteiger partial charge in [0.15, 0.2) is 11.6 Å². The van der Waals surface area contributed by atoms with E-state index >= 15 is 0 Å². The van der Waals surface area contributed by atoms with Crippen LogP contribution in [-0.2, 0) is 0 Å². The molecule has 1 aromatic carbocycles. The Morgan fingerprint density at radius 3 is 2.41 bits per heavy atom. The number of rotatable bonds is 7. The Morgan fingerprint density at radius 1 is 1.00 bits per heavy atom. The third kappa shape index (κ3) is 4.65. The number of anilines is 1. The molecule has 0 atom stereocenters. The van der Waals surface area contributed by atoms with E-state index in [1.54, 1.807) is 0 Å². The molecular weight excluding hydrogens is 231 g/mol. The van der Waals surface area contributed by atoms with E-state index in [4.69, 9.17) is 5.11 Å². The second-order valence-electron chi connectivity index (χ2n) is 3.81. The van der Waals surface area contributed by atoms with Crippen LogP contribution in [0.4, 0.5) is 18.9 Å². The van der Waals surface area contributed by atoms with Crippen LogP contribution in [0.25, 0.3) is 0 Å². The minimum atomic E-state index is -1.19. The molecule has 2 N–H and O–H groups in total. The number of nitrogens with one attached hydrogen (secondary N) is 1. The van der Waals surface area contributed by atoms with Crippen molar-refractivity contribution < 1.29 is 18.3 Å². The van der Waals surface area contributed by atoms with Gasteiger partial charge in [-0.2, -0.15) is 0 Å². The van der Waals surface area contributed by atoms with Crippen LogP contribution in [0.2, 0.25) is 0 Å². The highest BCUT2D eigenvalue weighted by Gasteiger charge is 2.10. The van der Waals surface area contributed by atoms with E-state index < -0.39 is 17.5 Å². The van der Waals surface area contributed by atoms with Crippen LogP contribution in [0.15, 0.2) is 12.1 Å². The van der Waals surface area contributed by atoms with E-state index in [9.17, 15) is 13.2 Å². The molecule has 1 aromatic rings. The second-order valence-corrected chi connectivity index (χ2v) is 3.81. The summed E-state index contributed by atoms with van der Waals surface area (Å²) < 4.78 is 38.8. The largest absolute Gasteiger partial charge is 0.396 e. The van der Waals surface area contributed by atoms with Crippen LogP contribution in [0.3, 0.4) is 0 Å². The summed E-state index contributed by atoms with van der Waals surface area (Å²) in [5.41, 5.74) is -0.148. The number of aliphatic hydroxyl groups excluding tert-OH is 1. The molecule has 2 nitrogen and oxygen atoms in total. The van der Waals surface area contributed by atoms with Crippen LogP contribution < -0.4 is 5.32 Å². The summed E-state index contributed by atoms with van der Waals surface area (Å²) in [6, 6.07) is 1.45. The van der Waals surface area contributed by atoms with Gasteiger partial charge in [0, 0.05) is 25.3 Å². The topological polar surface area (TPSA) is 32.3 Å². The molecule has 0 spiro atoms. The summed E-state index contributed by atoms with van der Waals surface area (Å²) in [7, 11) is 0. The molecular formula is C12H16F3NO. The zero-order valence-electron chi connectivity index (χ0n) is 9.48. The molecule has 0 unspecified atom stereocenters. The zero-order valence-corrected chi connectivity index (χ0v) is 9.48. The Labute approximate surface area is 98.5 Å². The summed E-state index contributed by atoms with van der Waals surface area (Å²) in [5.74, 6) is -3.04. The first-order valence-corrected chi connectivity index (χ1v) is 5.64. The fourth-order valence-electron chi connectivity index (χ4n) is 1.50. The van der Waals surface area contributed by atoms with Gasteiger partial charge >= 0.3 is 0 Å². The SMILES string of the molecule is OCCCCCCNc1cc(F)cc(F)c1F. The van der Waals surface area contributed by atoms with Gasteiger partial charge in [0.25, 0.3) is 0 Å². The standard InChI is InChI=1S/C12H16F3NO/c13-9-7-10(14)12(15)11(8-9)16-5-3-1-2-4-6-17/h7-8,16-17H,1-6H2. The third-order valence-electron chi connectivity index (χ3n) is 2.39. The molecule has 96 valence electrons. The van der Waals surface area contributed by atoms with Crippen LogP contribution >= 0.6 is 0 Å². The average Bonchev–Trinajstić information content (AvgIpc) is 2.29. The molecule has 0 bridgehead atoms. The van der Waals surface area contributed by atoms with Crippen molar-refractivity contribution in [3.63, 3.8) is 0 Å². The number of aliphatic hydroxyl groups is 1. The maximum absolute atomic E-state index is 13.2. The molecule has 0 aliphatic rings. The van der Waals surface area contributed by atoms with Gasteiger partial charge in [-0.15, -0.1) is 0 Å². The second kappa shape index (κ2) is 7.17. The van der Waals surface area contributed by atoms with Crippen LogP contribution in [0, 0.1) is 17.5 Å². The summed E-state index contributed by atoms with van der Waals surface area (Å²) >= 11 is 0. The van der Waals surface area contributed by atoms with Crippen LogP contribution in [0.5, 0.6) is 0 Å². The van der Waals surface area contributed by atoms with Crippen LogP contribution in [0.1, 0.15) is 25.7 Å². The first-order chi connectivity index (χ1) is 8.15. The number of hydrogen-bond acceptors (Lipinski definition) is 2. The number of unbranched alkanes of at least 4 members (excludes halogenated alkanes) is 3. The monoisotopic (exact) mass is 247 g/mol. The minimum Gasteiger partial charge on any atom is -0.396 e. The third-order valence-corrected chi connectivity index (χ3v) is 2.39. The fourth-order valence-corrected chi connectivity index (χ4v) is 1.50. The Kier molecular flexibility index (Phi) is 5.83. The normalized spacial score (nSPS) is 10.6. The summed E-state index contributed by atoms with van der Waals surface area (Å²) in [4.78, 5) is 0. The smallest absolute Gasteiger partial charge is 0.182 e. The first-order valence-electron chi connectivity index (χ1n) is 5.64. The number of halogens is 3. The highest BCUT2D eigenvalue weighted by atomic mass is 19.2. The molecule has 0 aliphatic heterocycles. The Hall–Kier alpha value is -1.23. The highest BCUT2D eigenvalue weighted by Crippen LogP contribution is 2.19. The summed E-state index contributed by atoms with van der Waals surface area (Å²) in [5, 5.41) is 11.2.